The Kier molecular flexibility index (Phi) is 3.14. The molecule has 17 heavy (non-hydrogen) atoms. The van der Waals surface area contributed by atoms with Crippen molar-refractivity contribution in [3.8, 4) is 0 Å². The average Bonchev–Trinajstić information content (AvgIpc) is 2.77. The lowest BCUT2D eigenvalue weighted by atomic mass is 10.1. The van der Waals surface area contributed by atoms with Gasteiger partial charge in [-0.3, -0.25) is 4.79 Å². The molecule has 0 radical (unpaired) electrons. The second-order valence-corrected chi connectivity index (χ2v) is 3.89. The first-order valence-corrected chi connectivity index (χ1v) is 5.33. The van der Waals surface area contributed by atoms with Crippen LogP contribution in [0.4, 0.5) is 5.69 Å². The standard InChI is InChI=1S/C13H14N2O2/c1-9-5-10(7-11(14)6-9)13(16)15-8-12-3-2-4-17-12/h2-7H,8,14H2,1H3,(H,15,16). The third kappa shape index (κ3) is 2.87. The van der Waals surface area contributed by atoms with E-state index < -0.39 is 0 Å². The summed E-state index contributed by atoms with van der Waals surface area (Å²) in [7, 11) is 0. The minimum Gasteiger partial charge on any atom is -0.467 e. The molecule has 1 amide bonds. The van der Waals surface area contributed by atoms with Crippen molar-refractivity contribution in [3.63, 3.8) is 0 Å². The molecule has 2 aromatic rings. The number of carbonyl (C=O) groups excluding carboxylic acids is 1. The molecular formula is C13H14N2O2. The van der Waals surface area contributed by atoms with Crippen LogP contribution in [0.1, 0.15) is 21.7 Å². The van der Waals surface area contributed by atoms with Crippen LogP contribution < -0.4 is 11.1 Å². The van der Waals surface area contributed by atoms with Gasteiger partial charge in [-0.15, -0.1) is 0 Å². The van der Waals surface area contributed by atoms with Crippen molar-refractivity contribution in [1.82, 2.24) is 5.32 Å². The van der Waals surface area contributed by atoms with Crippen molar-refractivity contribution in [2.24, 2.45) is 0 Å². The Morgan fingerprint density at radius 3 is 2.88 bits per heavy atom. The maximum absolute atomic E-state index is 11.8. The maximum atomic E-state index is 11.8. The molecule has 4 heteroatoms. The minimum absolute atomic E-state index is 0.156. The Hall–Kier alpha value is -2.23. The van der Waals surface area contributed by atoms with Gasteiger partial charge < -0.3 is 15.5 Å². The molecule has 0 spiro atoms. The summed E-state index contributed by atoms with van der Waals surface area (Å²) in [4.78, 5) is 11.8. The van der Waals surface area contributed by atoms with E-state index in [1.165, 1.54) is 0 Å². The van der Waals surface area contributed by atoms with Crippen molar-refractivity contribution >= 4 is 11.6 Å². The van der Waals surface area contributed by atoms with Crippen molar-refractivity contribution in [2.45, 2.75) is 13.5 Å². The second-order valence-electron chi connectivity index (χ2n) is 3.89. The molecular weight excluding hydrogens is 216 g/mol. The van der Waals surface area contributed by atoms with Crippen LogP contribution in [0.15, 0.2) is 41.0 Å². The monoisotopic (exact) mass is 230 g/mol. The fraction of sp³-hybridized carbons (Fsp3) is 0.154. The highest BCUT2D eigenvalue weighted by Gasteiger charge is 2.07. The molecule has 2 rings (SSSR count). The molecule has 1 heterocycles. The normalized spacial score (nSPS) is 10.2. The Balaban J connectivity index is 2.04. The van der Waals surface area contributed by atoms with E-state index in [9.17, 15) is 4.79 Å². The Morgan fingerprint density at radius 2 is 2.24 bits per heavy atom. The lowest BCUT2D eigenvalue weighted by molar-refractivity contribution is 0.0948. The van der Waals surface area contributed by atoms with Crippen LogP contribution in [-0.2, 0) is 6.54 Å². The highest BCUT2D eigenvalue weighted by Crippen LogP contribution is 2.11. The maximum Gasteiger partial charge on any atom is 0.251 e. The number of hydrogen-bond donors (Lipinski definition) is 2. The smallest absolute Gasteiger partial charge is 0.251 e. The lowest BCUT2D eigenvalue weighted by Crippen LogP contribution is -2.22. The summed E-state index contributed by atoms with van der Waals surface area (Å²) >= 11 is 0. The van der Waals surface area contributed by atoms with E-state index in [0.717, 1.165) is 11.3 Å². The highest BCUT2D eigenvalue weighted by atomic mass is 16.3. The van der Waals surface area contributed by atoms with Gasteiger partial charge >= 0.3 is 0 Å². The third-order valence-corrected chi connectivity index (χ3v) is 2.37. The van der Waals surface area contributed by atoms with Gasteiger partial charge in [-0.1, -0.05) is 0 Å². The topological polar surface area (TPSA) is 68.3 Å². The SMILES string of the molecule is Cc1cc(N)cc(C(=O)NCc2ccco2)c1. The molecule has 3 N–H and O–H groups in total. The average molecular weight is 230 g/mol. The summed E-state index contributed by atoms with van der Waals surface area (Å²) in [5, 5.41) is 2.77. The number of furan rings is 1. The molecule has 0 fully saturated rings. The highest BCUT2D eigenvalue weighted by molar-refractivity contribution is 5.95. The number of hydrogen-bond acceptors (Lipinski definition) is 3. The number of amides is 1. The van der Waals surface area contributed by atoms with Gasteiger partial charge in [0.1, 0.15) is 5.76 Å². The molecule has 0 saturated heterocycles. The predicted molar refractivity (Wildman–Crippen MR) is 65.5 cm³/mol. The summed E-state index contributed by atoms with van der Waals surface area (Å²) in [6.07, 6.45) is 1.58. The van der Waals surface area contributed by atoms with Gasteiger partial charge in [-0.05, 0) is 42.8 Å². The Labute approximate surface area is 99.4 Å². The summed E-state index contributed by atoms with van der Waals surface area (Å²) < 4.78 is 5.13. The first kappa shape index (κ1) is 11.3. The first-order valence-electron chi connectivity index (χ1n) is 5.33. The lowest BCUT2D eigenvalue weighted by Gasteiger charge is -2.05. The van der Waals surface area contributed by atoms with Gasteiger partial charge in [0.15, 0.2) is 0 Å². The molecule has 4 nitrogen and oxygen atoms in total. The summed E-state index contributed by atoms with van der Waals surface area (Å²) in [5.74, 6) is 0.566. The van der Waals surface area contributed by atoms with Crippen molar-refractivity contribution in [1.29, 1.82) is 0 Å². The number of nitrogen functional groups attached to an aromatic ring is 1. The largest absolute Gasteiger partial charge is 0.467 e. The molecule has 0 unspecified atom stereocenters. The van der Waals surface area contributed by atoms with E-state index in [1.54, 1.807) is 24.5 Å². The van der Waals surface area contributed by atoms with E-state index in [0.29, 0.717) is 17.8 Å². The van der Waals surface area contributed by atoms with Gasteiger partial charge in [-0.2, -0.15) is 0 Å². The van der Waals surface area contributed by atoms with E-state index >= 15 is 0 Å². The van der Waals surface area contributed by atoms with Crippen LogP contribution in [0.25, 0.3) is 0 Å². The fourth-order valence-electron chi connectivity index (χ4n) is 1.63. The van der Waals surface area contributed by atoms with E-state index in [1.807, 2.05) is 19.1 Å². The molecule has 0 bridgehead atoms. The van der Waals surface area contributed by atoms with E-state index in [-0.39, 0.29) is 5.91 Å². The van der Waals surface area contributed by atoms with Crippen molar-refractivity contribution < 1.29 is 9.21 Å². The van der Waals surface area contributed by atoms with Crippen LogP contribution in [0.2, 0.25) is 0 Å². The van der Waals surface area contributed by atoms with Crippen LogP contribution >= 0.6 is 0 Å². The first-order chi connectivity index (χ1) is 8.15. The number of carbonyl (C=O) groups is 1. The van der Waals surface area contributed by atoms with Crippen LogP contribution in [0.5, 0.6) is 0 Å². The summed E-state index contributed by atoms with van der Waals surface area (Å²) in [6, 6.07) is 8.87. The van der Waals surface area contributed by atoms with Crippen molar-refractivity contribution in [2.75, 3.05) is 5.73 Å². The van der Waals surface area contributed by atoms with Crippen LogP contribution in [-0.4, -0.2) is 5.91 Å². The van der Waals surface area contributed by atoms with Gasteiger partial charge in [0.25, 0.3) is 5.91 Å². The molecule has 0 atom stereocenters. The molecule has 0 aliphatic heterocycles. The minimum atomic E-state index is -0.156. The number of nitrogens with two attached hydrogens (primary N) is 1. The van der Waals surface area contributed by atoms with Crippen LogP contribution in [0.3, 0.4) is 0 Å². The summed E-state index contributed by atoms with van der Waals surface area (Å²) in [5.41, 5.74) is 7.81. The van der Waals surface area contributed by atoms with Gasteiger partial charge in [0, 0.05) is 11.3 Å². The molecule has 0 aliphatic rings. The number of nitrogens with one attached hydrogen (secondary N) is 1. The van der Waals surface area contributed by atoms with Crippen molar-refractivity contribution in [3.05, 3.63) is 53.5 Å². The number of anilines is 1. The van der Waals surface area contributed by atoms with E-state index in [4.69, 9.17) is 10.2 Å². The Bertz CT molecular complexity index is 498. The van der Waals surface area contributed by atoms with Crippen LogP contribution in [0, 0.1) is 6.92 Å². The molecule has 1 aromatic heterocycles. The molecule has 88 valence electrons. The predicted octanol–water partition coefficient (Wildman–Crippen LogP) is 2.10. The Morgan fingerprint density at radius 1 is 1.41 bits per heavy atom. The van der Waals surface area contributed by atoms with Gasteiger partial charge in [0.05, 0.1) is 12.8 Å². The second kappa shape index (κ2) is 4.74. The zero-order chi connectivity index (χ0) is 12.3. The number of benzene rings is 1. The number of aryl methyl sites for hydroxylation is 1. The van der Waals surface area contributed by atoms with Gasteiger partial charge in [-0.25, -0.2) is 0 Å². The molecule has 0 aliphatic carbocycles. The zero-order valence-corrected chi connectivity index (χ0v) is 9.57. The number of rotatable bonds is 3. The van der Waals surface area contributed by atoms with Gasteiger partial charge in [0.2, 0.25) is 0 Å². The molecule has 1 aromatic carbocycles. The quantitative estimate of drug-likeness (QED) is 0.793. The third-order valence-electron chi connectivity index (χ3n) is 2.37. The summed E-state index contributed by atoms with van der Waals surface area (Å²) in [6.45, 7) is 2.28. The van der Waals surface area contributed by atoms with E-state index in [2.05, 4.69) is 5.32 Å². The fourth-order valence-corrected chi connectivity index (χ4v) is 1.63. The molecule has 0 saturated carbocycles. The zero-order valence-electron chi connectivity index (χ0n) is 9.57.